The molecule has 10 heteroatoms. The molecular weight excluding hydrogens is 576 g/mol. The van der Waals surface area contributed by atoms with Gasteiger partial charge in [0.15, 0.2) is 0 Å². The monoisotopic (exact) mass is 614 g/mol. The Balaban J connectivity index is 1.29. The van der Waals surface area contributed by atoms with E-state index in [4.69, 9.17) is 25.8 Å². The van der Waals surface area contributed by atoms with Crippen LogP contribution in [0.25, 0.3) is 0 Å². The van der Waals surface area contributed by atoms with Crippen molar-refractivity contribution in [3.05, 3.63) is 58.1 Å². The van der Waals surface area contributed by atoms with Crippen LogP contribution in [0.3, 0.4) is 0 Å². The number of halogens is 1. The molecule has 8 nitrogen and oxygen atoms in total. The fourth-order valence-corrected chi connectivity index (χ4v) is 9.36. The summed E-state index contributed by atoms with van der Waals surface area (Å²) in [5.41, 5.74) is 3.48. The standard InChI is InChI=1S/C32H39ClN2O6S/c1-20-17-42(37,38)34-31(36)22-5-9-29-28(14-22)35(16-23-4-7-26(23)30-15-25(41-20)10-12-39-30)18-32(19-40-29)11-2-3-21-13-24(33)6-8-27(21)32/h5-6,8-9,13-14,20,23,25-26,30H,2-4,7,10-12,15-19H2,1H3,(H,34,36)/t20-,23-,25-,26+,30-,32-/m0/s1. The van der Waals surface area contributed by atoms with E-state index in [2.05, 4.69) is 21.8 Å². The number of nitrogens with zero attached hydrogens (tertiary/aromatic N) is 1. The summed E-state index contributed by atoms with van der Waals surface area (Å²) in [5, 5.41) is 0.751. The minimum Gasteiger partial charge on any atom is -0.490 e. The van der Waals surface area contributed by atoms with Crippen LogP contribution in [0, 0.1) is 11.8 Å². The minimum absolute atomic E-state index is 0.0569. The largest absolute Gasteiger partial charge is 0.490 e. The Hall–Kier alpha value is -2.33. The molecule has 2 aliphatic carbocycles. The Morgan fingerprint density at radius 2 is 2.00 bits per heavy atom. The van der Waals surface area contributed by atoms with Crippen LogP contribution < -0.4 is 14.4 Å². The molecule has 1 amide bonds. The van der Waals surface area contributed by atoms with Crippen LogP contribution in [-0.4, -0.2) is 64.7 Å². The molecule has 2 aromatic carbocycles. The molecule has 2 aromatic rings. The quantitative estimate of drug-likeness (QED) is 0.453. The zero-order chi connectivity index (χ0) is 29.1. The van der Waals surface area contributed by atoms with Crippen LogP contribution in [0.2, 0.25) is 5.02 Å². The van der Waals surface area contributed by atoms with Crippen molar-refractivity contribution in [3.63, 3.8) is 0 Å². The number of nitrogens with one attached hydrogen (secondary N) is 1. The van der Waals surface area contributed by atoms with Gasteiger partial charge in [-0.15, -0.1) is 0 Å². The molecule has 226 valence electrons. The van der Waals surface area contributed by atoms with Gasteiger partial charge in [-0.05, 0) is 98.7 Å². The molecule has 5 aliphatic rings. The molecule has 0 radical (unpaired) electrons. The number of hydrogen-bond acceptors (Lipinski definition) is 7. The molecular formula is C32H39ClN2O6S. The summed E-state index contributed by atoms with van der Waals surface area (Å²) < 4.78 is 47.3. The highest BCUT2D eigenvalue weighted by molar-refractivity contribution is 7.90. The number of hydrogen-bond donors (Lipinski definition) is 1. The summed E-state index contributed by atoms with van der Waals surface area (Å²) in [4.78, 5) is 15.7. The second-order valence-corrected chi connectivity index (χ2v) is 15.2. The normalized spacial score (nSPS) is 34.2. The second kappa shape index (κ2) is 11.0. The first-order valence-corrected chi connectivity index (χ1v) is 17.3. The van der Waals surface area contributed by atoms with E-state index in [1.54, 1.807) is 19.1 Å². The lowest BCUT2D eigenvalue weighted by atomic mass is 9.67. The maximum atomic E-state index is 13.3. The predicted molar refractivity (Wildman–Crippen MR) is 161 cm³/mol. The number of benzene rings is 2. The van der Waals surface area contributed by atoms with Crippen molar-refractivity contribution in [2.45, 2.75) is 75.6 Å². The Kier molecular flexibility index (Phi) is 7.44. The molecule has 7 rings (SSSR count). The van der Waals surface area contributed by atoms with Crippen molar-refractivity contribution in [2.75, 3.05) is 37.0 Å². The van der Waals surface area contributed by atoms with E-state index >= 15 is 0 Å². The molecule has 4 bridgehead atoms. The number of aryl methyl sites for hydroxylation is 1. The van der Waals surface area contributed by atoms with Crippen molar-refractivity contribution >= 4 is 33.2 Å². The lowest BCUT2D eigenvalue weighted by Gasteiger charge is -2.48. The summed E-state index contributed by atoms with van der Waals surface area (Å²) >= 11 is 6.41. The van der Waals surface area contributed by atoms with Crippen LogP contribution in [-0.2, 0) is 31.3 Å². The highest BCUT2D eigenvalue weighted by Gasteiger charge is 2.45. The molecule has 1 saturated heterocycles. The van der Waals surface area contributed by atoms with E-state index < -0.39 is 22.0 Å². The molecule has 0 unspecified atom stereocenters. The van der Waals surface area contributed by atoms with Crippen LogP contribution >= 0.6 is 11.6 Å². The van der Waals surface area contributed by atoms with Gasteiger partial charge < -0.3 is 19.1 Å². The number of sulfonamides is 1. The van der Waals surface area contributed by atoms with E-state index in [0.29, 0.717) is 30.6 Å². The summed E-state index contributed by atoms with van der Waals surface area (Å²) in [7, 11) is -3.91. The van der Waals surface area contributed by atoms with Crippen molar-refractivity contribution in [1.29, 1.82) is 0 Å². The van der Waals surface area contributed by atoms with E-state index in [0.717, 1.165) is 74.5 Å². The first-order chi connectivity index (χ1) is 20.2. The molecule has 3 heterocycles. The average molecular weight is 615 g/mol. The zero-order valence-electron chi connectivity index (χ0n) is 24.0. The van der Waals surface area contributed by atoms with Crippen molar-refractivity contribution in [3.8, 4) is 5.75 Å². The first-order valence-electron chi connectivity index (χ1n) is 15.3. The average Bonchev–Trinajstić information content (AvgIpc) is 3.07. The molecule has 0 aromatic heterocycles. The predicted octanol–water partition coefficient (Wildman–Crippen LogP) is 4.87. The Bertz CT molecular complexity index is 1480. The Labute approximate surface area is 253 Å². The van der Waals surface area contributed by atoms with E-state index in [1.807, 2.05) is 12.1 Å². The SMILES string of the molecule is C[C@H]1CS(=O)(=O)NC(=O)c2ccc3c(c2)N(C[C@@H]2CC[C@H]2[C@@H]2C[C@H](CCO2)O1)C[C@@]1(CCCc2cc(Cl)ccc21)CO3. The van der Waals surface area contributed by atoms with Gasteiger partial charge in [-0.3, -0.25) is 4.79 Å². The van der Waals surface area contributed by atoms with Gasteiger partial charge >= 0.3 is 0 Å². The third kappa shape index (κ3) is 5.42. The van der Waals surface area contributed by atoms with Crippen molar-refractivity contribution < 1.29 is 27.4 Å². The molecule has 6 atom stereocenters. The van der Waals surface area contributed by atoms with Crippen LogP contribution in [0.5, 0.6) is 5.75 Å². The molecule has 1 spiro atoms. The Morgan fingerprint density at radius 1 is 1.12 bits per heavy atom. The Morgan fingerprint density at radius 3 is 2.83 bits per heavy atom. The smallest absolute Gasteiger partial charge is 0.264 e. The van der Waals surface area contributed by atoms with Gasteiger partial charge in [-0.2, -0.15) is 0 Å². The van der Waals surface area contributed by atoms with Gasteiger partial charge in [-0.1, -0.05) is 17.7 Å². The van der Waals surface area contributed by atoms with Crippen molar-refractivity contribution in [2.24, 2.45) is 11.8 Å². The highest BCUT2D eigenvalue weighted by atomic mass is 35.5. The van der Waals surface area contributed by atoms with Crippen LogP contribution in [0.1, 0.15) is 66.9 Å². The summed E-state index contributed by atoms with van der Waals surface area (Å²) in [5.74, 6) is 0.657. The maximum absolute atomic E-state index is 13.3. The second-order valence-electron chi connectivity index (χ2n) is 13.0. The minimum atomic E-state index is -3.91. The van der Waals surface area contributed by atoms with Gasteiger partial charge in [-0.25, -0.2) is 13.1 Å². The summed E-state index contributed by atoms with van der Waals surface area (Å²) in [6, 6.07) is 11.5. The number of anilines is 1. The number of ether oxygens (including phenoxy) is 3. The molecule has 3 aliphatic heterocycles. The third-order valence-electron chi connectivity index (χ3n) is 10.1. The summed E-state index contributed by atoms with van der Waals surface area (Å²) in [6.45, 7) is 4.46. The lowest BCUT2D eigenvalue weighted by Crippen LogP contribution is -2.51. The third-order valence-corrected chi connectivity index (χ3v) is 11.7. The first kappa shape index (κ1) is 28.4. The molecule has 42 heavy (non-hydrogen) atoms. The molecule has 2 fully saturated rings. The van der Waals surface area contributed by atoms with Gasteiger partial charge in [0, 0.05) is 42.1 Å². The topological polar surface area (TPSA) is 94.2 Å². The molecule has 1 N–H and O–H groups in total. The number of carbonyl (C=O) groups excluding carboxylic acids is 1. The maximum Gasteiger partial charge on any atom is 0.264 e. The van der Waals surface area contributed by atoms with Gasteiger partial charge in [0.05, 0.1) is 36.4 Å². The lowest BCUT2D eigenvalue weighted by molar-refractivity contribution is -0.126. The number of rotatable bonds is 0. The number of carbonyl (C=O) groups is 1. The zero-order valence-corrected chi connectivity index (χ0v) is 25.6. The van der Waals surface area contributed by atoms with E-state index in [9.17, 15) is 13.2 Å². The number of fused-ring (bicyclic) bond motifs is 7. The summed E-state index contributed by atoms with van der Waals surface area (Å²) in [6.07, 6.45) is 6.28. The van der Waals surface area contributed by atoms with E-state index in [-0.39, 0.29) is 23.4 Å². The van der Waals surface area contributed by atoms with Gasteiger partial charge in [0.25, 0.3) is 5.91 Å². The fourth-order valence-electron chi connectivity index (χ4n) is 7.99. The van der Waals surface area contributed by atoms with Crippen LogP contribution in [0.4, 0.5) is 5.69 Å². The molecule has 1 saturated carbocycles. The van der Waals surface area contributed by atoms with E-state index in [1.165, 1.54) is 11.1 Å². The van der Waals surface area contributed by atoms with Crippen LogP contribution in [0.15, 0.2) is 36.4 Å². The number of amides is 1. The van der Waals surface area contributed by atoms with Gasteiger partial charge in [0.2, 0.25) is 10.0 Å². The van der Waals surface area contributed by atoms with Crippen molar-refractivity contribution in [1.82, 2.24) is 4.72 Å². The highest BCUT2D eigenvalue weighted by Crippen LogP contribution is 2.47. The van der Waals surface area contributed by atoms with Gasteiger partial charge in [0.1, 0.15) is 5.75 Å². The fraction of sp³-hybridized carbons (Fsp3) is 0.594.